The number of carbonyl (C=O) groups is 3. The standard InChI is InChI=1S/C35H37FN4O5S/c1-2-3-34(43)44-22-33(42)40-14-12-39(13-15-40)21-25-6-8-28(38-20-25)32-19-29-35(46-32)31(10-11-37-29)45-30-9-7-24(18-27(30)36)17-26(41)16-23-4-5-23/h6-11,18-20,23H,2-5,12-17,21-22H2,1H3. The number of pyridine rings is 2. The zero-order valence-corrected chi connectivity index (χ0v) is 26.7. The van der Waals surface area contributed by atoms with Crippen LogP contribution in [0.15, 0.2) is 54.9 Å². The van der Waals surface area contributed by atoms with Gasteiger partial charge in [0.25, 0.3) is 5.91 Å². The molecule has 46 heavy (non-hydrogen) atoms. The molecular formula is C35H37FN4O5S. The van der Waals surface area contributed by atoms with Crippen molar-refractivity contribution in [1.29, 1.82) is 0 Å². The smallest absolute Gasteiger partial charge is 0.306 e. The van der Waals surface area contributed by atoms with Gasteiger partial charge in [0.2, 0.25) is 0 Å². The molecule has 1 aliphatic carbocycles. The third kappa shape index (κ3) is 8.13. The van der Waals surface area contributed by atoms with Crippen LogP contribution in [0.4, 0.5) is 4.39 Å². The van der Waals surface area contributed by atoms with E-state index < -0.39 is 5.82 Å². The van der Waals surface area contributed by atoms with Gasteiger partial charge in [-0.3, -0.25) is 29.3 Å². The van der Waals surface area contributed by atoms with Gasteiger partial charge in [-0.05, 0) is 60.6 Å². The first-order valence-electron chi connectivity index (χ1n) is 15.8. The molecule has 1 saturated carbocycles. The molecule has 9 nitrogen and oxygen atoms in total. The van der Waals surface area contributed by atoms with Crippen LogP contribution in [-0.2, 0) is 32.1 Å². The maximum atomic E-state index is 15.0. The van der Waals surface area contributed by atoms with Gasteiger partial charge in [-0.2, -0.15) is 0 Å². The highest BCUT2D eigenvalue weighted by Crippen LogP contribution is 2.39. The molecule has 1 amide bonds. The van der Waals surface area contributed by atoms with Gasteiger partial charge < -0.3 is 14.4 Å². The molecule has 0 spiro atoms. The van der Waals surface area contributed by atoms with E-state index >= 15 is 0 Å². The van der Waals surface area contributed by atoms with E-state index in [-0.39, 0.29) is 36.4 Å². The molecule has 2 aliphatic rings. The quantitative estimate of drug-likeness (QED) is 0.159. The molecule has 0 bridgehead atoms. The number of Topliss-reactive ketones (excluding diaryl/α,β-unsaturated/α-hetero) is 1. The highest BCUT2D eigenvalue weighted by molar-refractivity contribution is 7.22. The fourth-order valence-corrected chi connectivity index (χ4v) is 6.55. The van der Waals surface area contributed by atoms with Crippen LogP contribution in [0.5, 0.6) is 11.5 Å². The molecule has 3 aromatic heterocycles. The predicted molar refractivity (Wildman–Crippen MR) is 173 cm³/mol. The number of hydrogen-bond donors (Lipinski definition) is 0. The Balaban J connectivity index is 1.04. The van der Waals surface area contributed by atoms with Crippen LogP contribution in [0.3, 0.4) is 0 Å². The van der Waals surface area contributed by atoms with Gasteiger partial charge in [0.15, 0.2) is 18.2 Å². The van der Waals surface area contributed by atoms with Gasteiger partial charge >= 0.3 is 5.97 Å². The van der Waals surface area contributed by atoms with Crippen LogP contribution < -0.4 is 4.74 Å². The lowest BCUT2D eigenvalue weighted by Gasteiger charge is -2.34. The van der Waals surface area contributed by atoms with Crippen molar-refractivity contribution in [3.8, 4) is 22.1 Å². The number of halogens is 1. The molecule has 240 valence electrons. The second-order valence-electron chi connectivity index (χ2n) is 12.0. The maximum absolute atomic E-state index is 15.0. The molecular weight excluding hydrogens is 607 g/mol. The van der Waals surface area contributed by atoms with E-state index in [9.17, 15) is 18.8 Å². The van der Waals surface area contributed by atoms with E-state index in [1.165, 1.54) is 17.4 Å². The lowest BCUT2D eigenvalue weighted by molar-refractivity contribution is -0.152. The number of fused-ring (bicyclic) bond motifs is 1. The molecule has 6 rings (SSSR count). The molecule has 0 unspecified atom stereocenters. The number of nitrogens with zero attached hydrogens (tertiary/aromatic N) is 4. The Morgan fingerprint density at radius 1 is 0.978 bits per heavy atom. The Bertz CT molecular complexity index is 1710. The van der Waals surface area contributed by atoms with Crippen LogP contribution in [-0.4, -0.2) is 70.2 Å². The summed E-state index contributed by atoms with van der Waals surface area (Å²) < 4.78 is 26.8. The summed E-state index contributed by atoms with van der Waals surface area (Å²) in [6.45, 7) is 5.04. The van der Waals surface area contributed by atoms with Crippen LogP contribution in [0.2, 0.25) is 0 Å². The highest BCUT2D eigenvalue weighted by Gasteiger charge is 2.25. The summed E-state index contributed by atoms with van der Waals surface area (Å²) in [4.78, 5) is 50.3. The van der Waals surface area contributed by atoms with Gasteiger partial charge in [-0.1, -0.05) is 19.1 Å². The minimum Gasteiger partial charge on any atom is -0.456 e. The van der Waals surface area contributed by atoms with E-state index in [1.54, 1.807) is 29.3 Å². The number of ketones is 1. The van der Waals surface area contributed by atoms with Gasteiger partial charge in [0, 0.05) is 70.4 Å². The third-order valence-electron chi connectivity index (χ3n) is 8.23. The molecule has 1 saturated heterocycles. The summed E-state index contributed by atoms with van der Waals surface area (Å²) in [7, 11) is 0. The maximum Gasteiger partial charge on any atom is 0.306 e. The van der Waals surface area contributed by atoms with Crippen molar-refractivity contribution in [2.75, 3.05) is 32.8 Å². The second-order valence-corrected chi connectivity index (χ2v) is 13.0. The molecule has 0 radical (unpaired) electrons. The summed E-state index contributed by atoms with van der Waals surface area (Å²) in [6, 6.07) is 12.4. The molecule has 2 fully saturated rings. The van der Waals surface area contributed by atoms with Gasteiger partial charge in [0.1, 0.15) is 11.5 Å². The minimum atomic E-state index is -0.503. The van der Waals surface area contributed by atoms with Crippen LogP contribution in [0.25, 0.3) is 20.8 Å². The zero-order chi connectivity index (χ0) is 32.0. The number of hydrogen-bond acceptors (Lipinski definition) is 9. The van der Waals surface area contributed by atoms with E-state index in [1.807, 2.05) is 25.3 Å². The van der Waals surface area contributed by atoms with Crippen molar-refractivity contribution in [2.45, 2.75) is 52.0 Å². The molecule has 4 heterocycles. The fraction of sp³-hybridized carbons (Fsp3) is 0.400. The number of benzene rings is 1. The number of aromatic nitrogens is 2. The number of ether oxygens (including phenoxy) is 2. The number of rotatable bonds is 13. The number of piperazine rings is 1. The lowest BCUT2D eigenvalue weighted by Crippen LogP contribution is -2.49. The van der Waals surface area contributed by atoms with Crippen molar-refractivity contribution < 1.29 is 28.2 Å². The summed E-state index contributed by atoms with van der Waals surface area (Å²) in [5, 5.41) is 0. The van der Waals surface area contributed by atoms with Gasteiger partial charge in [0.05, 0.1) is 20.8 Å². The van der Waals surface area contributed by atoms with E-state index in [2.05, 4.69) is 16.0 Å². The molecule has 11 heteroatoms. The Morgan fingerprint density at radius 2 is 1.78 bits per heavy atom. The largest absolute Gasteiger partial charge is 0.456 e. The van der Waals surface area contributed by atoms with Crippen molar-refractivity contribution >= 4 is 39.2 Å². The summed E-state index contributed by atoms with van der Waals surface area (Å²) in [5.74, 6) is 0.274. The molecule has 4 aromatic rings. The molecule has 0 atom stereocenters. The van der Waals surface area contributed by atoms with E-state index in [0.717, 1.165) is 52.3 Å². The Labute approximate surface area is 271 Å². The molecule has 0 N–H and O–H groups in total. The first-order chi connectivity index (χ1) is 22.3. The summed E-state index contributed by atoms with van der Waals surface area (Å²) in [5.41, 5.74) is 3.26. The Kier molecular flexibility index (Phi) is 9.99. The average molecular weight is 645 g/mol. The monoisotopic (exact) mass is 644 g/mol. The fourth-order valence-electron chi connectivity index (χ4n) is 5.51. The number of esters is 1. The molecule has 1 aromatic carbocycles. The third-order valence-corrected chi connectivity index (χ3v) is 9.39. The van der Waals surface area contributed by atoms with Crippen molar-refractivity contribution in [2.24, 2.45) is 5.92 Å². The second kappa shape index (κ2) is 14.5. The Morgan fingerprint density at radius 3 is 2.50 bits per heavy atom. The van der Waals surface area contributed by atoms with E-state index in [4.69, 9.17) is 14.5 Å². The average Bonchev–Trinajstić information content (AvgIpc) is 3.75. The number of amides is 1. The topological polar surface area (TPSA) is 102 Å². The first-order valence-corrected chi connectivity index (χ1v) is 16.6. The Hall–Kier alpha value is -4.22. The van der Waals surface area contributed by atoms with Crippen LogP contribution in [0, 0.1) is 11.7 Å². The van der Waals surface area contributed by atoms with E-state index in [0.29, 0.717) is 56.1 Å². The normalized spacial score (nSPS) is 15.2. The van der Waals surface area contributed by atoms with Crippen molar-refractivity contribution in [3.05, 3.63) is 71.8 Å². The van der Waals surface area contributed by atoms with Crippen LogP contribution in [0.1, 0.15) is 50.2 Å². The lowest BCUT2D eigenvalue weighted by atomic mass is 10.0. The van der Waals surface area contributed by atoms with Crippen molar-refractivity contribution in [1.82, 2.24) is 19.8 Å². The first kappa shape index (κ1) is 31.7. The zero-order valence-electron chi connectivity index (χ0n) is 25.9. The number of carbonyl (C=O) groups excluding carboxylic acids is 3. The molecule has 1 aliphatic heterocycles. The van der Waals surface area contributed by atoms with Crippen molar-refractivity contribution in [3.63, 3.8) is 0 Å². The summed E-state index contributed by atoms with van der Waals surface area (Å²) >= 11 is 1.48. The number of thiophene rings is 1. The van der Waals surface area contributed by atoms with Crippen LogP contribution >= 0.6 is 11.3 Å². The van der Waals surface area contributed by atoms with Gasteiger partial charge in [-0.25, -0.2) is 4.39 Å². The highest BCUT2D eigenvalue weighted by atomic mass is 32.1. The van der Waals surface area contributed by atoms with Gasteiger partial charge in [-0.15, -0.1) is 11.3 Å². The summed E-state index contributed by atoms with van der Waals surface area (Å²) in [6.07, 6.45) is 7.57. The minimum absolute atomic E-state index is 0.101. The predicted octanol–water partition coefficient (Wildman–Crippen LogP) is 6.19. The SMILES string of the molecule is CCCC(=O)OCC(=O)N1CCN(Cc2ccc(-c3cc4nccc(Oc5ccc(CC(=O)CC6CC6)cc5F)c4s3)nc2)CC1.